The summed E-state index contributed by atoms with van der Waals surface area (Å²) in [6.45, 7) is 4.22. The number of anilines is 1. The summed E-state index contributed by atoms with van der Waals surface area (Å²) in [5.41, 5.74) is 1.26. The molecule has 5 heteroatoms. The molecule has 1 fully saturated rings. The van der Waals surface area contributed by atoms with Crippen molar-refractivity contribution in [3.8, 4) is 0 Å². The standard InChI is InChI=1S/C11H12ClN3S/c1-5-6(2)16-10-8(5)9(13-7-3-4-7)14-11(12)15-10/h7H,3-4H2,1-2H3,(H,13,14,15). The van der Waals surface area contributed by atoms with E-state index < -0.39 is 0 Å². The summed E-state index contributed by atoms with van der Waals surface area (Å²) in [7, 11) is 0. The summed E-state index contributed by atoms with van der Waals surface area (Å²) in [6, 6.07) is 0.578. The lowest BCUT2D eigenvalue weighted by atomic mass is 10.2. The van der Waals surface area contributed by atoms with Gasteiger partial charge in [-0.2, -0.15) is 0 Å². The van der Waals surface area contributed by atoms with Crippen LogP contribution in [0.4, 0.5) is 5.82 Å². The number of nitrogens with zero attached hydrogens (tertiary/aromatic N) is 2. The third kappa shape index (κ3) is 1.66. The molecule has 84 valence electrons. The Bertz CT molecular complexity index is 560. The van der Waals surface area contributed by atoms with Crippen molar-refractivity contribution in [1.29, 1.82) is 0 Å². The lowest BCUT2D eigenvalue weighted by Gasteiger charge is -2.06. The van der Waals surface area contributed by atoms with Gasteiger partial charge in [0.25, 0.3) is 0 Å². The molecule has 0 radical (unpaired) electrons. The van der Waals surface area contributed by atoms with E-state index in [4.69, 9.17) is 11.6 Å². The van der Waals surface area contributed by atoms with E-state index in [1.165, 1.54) is 23.3 Å². The first-order valence-electron chi connectivity index (χ1n) is 5.35. The molecule has 16 heavy (non-hydrogen) atoms. The number of hydrogen-bond acceptors (Lipinski definition) is 4. The van der Waals surface area contributed by atoms with E-state index in [1.54, 1.807) is 11.3 Å². The van der Waals surface area contributed by atoms with Crippen LogP contribution in [-0.4, -0.2) is 16.0 Å². The molecule has 0 atom stereocenters. The first-order valence-corrected chi connectivity index (χ1v) is 6.54. The van der Waals surface area contributed by atoms with Crippen LogP contribution in [0.25, 0.3) is 10.2 Å². The van der Waals surface area contributed by atoms with Crippen molar-refractivity contribution in [3.05, 3.63) is 15.7 Å². The molecule has 1 N–H and O–H groups in total. The molecule has 2 aromatic rings. The van der Waals surface area contributed by atoms with Gasteiger partial charge in [0.2, 0.25) is 5.28 Å². The first-order chi connectivity index (χ1) is 7.65. The van der Waals surface area contributed by atoms with Crippen LogP contribution in [0, 0.1) is 13.8 Å². The number of hydrogen-bond donors (Lipinski definition) is 1. The average Bonchev–Trinajstić information content (AvgIpc) is 2.95. The van der Waals surface area contributed by atoms with Crippen molar-refractivity contribution >= 4 is 39.0 Å². The topological polar surface area (TPSA) is 37.8 Å². The summed E-state index contributed by atoms with van der Waals surface area (Å²) >= 11 is 7.61. The smallest absolute Gasteiger partial charge is 0.225 e. The quantitative estimate of drug-likeness (QED) is 0.832. The van der Waals surface area contributed by atoms with Crippen LogP contribution in [0.15, 0.2) is 0 Å². The van der Waals surface area contributed by atoms with Gasteiger partial charge in [-0.1, -0.05) is 0 Å². The second-order valence-electron chi connectivity index (χ2n) is 4.22. The maximum Gasteiger partial charge on any atom is 0.225 e. The molecule has 2 heterocycles. The van der Waals surface area contributed by atoms with Gasteiger partial charge in [-0.05, 0) is 43.9 Å². The molecular weight excluding hydrogens is 242 g/mol. The number of thiophene rings is 1. The maximum atomic E-state index is 5.93. The van der Waals surface area contributed by atoms with Crippen molar-refractivity contribution in [3.63, 3.8) is 0 Å². The van der Waals surface area contributed by atoms with E-state index in [1.807, 2.05) is 0 Å². The zero-order valence-corrected chi connectivity index (χ0v) is 10.7. The Morgan fingerprint density at radius 2 is 2.06 bits per heavy atom. The molecule has 0 bridgehead atoms. The van der Waals surface area contributed by atoms with Crippen LogP contribution in [-0.2, 0) is 0 Å². The third-order valence-corrected chi connectivity index (χ3v) is 4.19. The molecule has 3 rings (SSSR count). The van der Waals surface area contributed by atoms with Gasteiger partial charge < -0.3 is 5.32 Å². The first kappa shape index (κ1) is 10.3. The van der Waals surface area contributed by atoms with Gasteiger partial charge in [-0.15, -0.1) is 11.3 Å². The van der Waals surface area contributed by atoms with Crippen molar-refractivity contribution < 1.29 is 0 Å². The van der Waals surface area contributed by atoms with Gasteiger partial charge in [0.1, 0.15) is 10.6 Å². The number of aryl methyl sites for hydroxylation is 2. The Morgan fingerprint density at radius 3 is 2.75 bits per heavy atom. The summed E-state index contributed by atoms with van der Waals surface area (Å²) in [6.07, 6.45) is 2.45. The molecule has 0 saturated heterocycles. The predicted octanol–water partition coefficient (Wildman–Crippen LogP) is 3.54. The van der Waals surface area contributed by atoms with Gasteiger partial charge in [-0.3, -0.25) is 0 Å². The number of fused-ring (bicyclic) bond motifs is 1. The van der Waals surface area contributed by atoms with Gasteiger partial charge in [0, 0.05) is 10.9 Å². The van der Waals surface area contributed by atoms with Crippen molar-refractivity contribution in [1.82, 2.24) is 9.97 Å². The van der Waals surface area contributed by atoms with E-state index in [9.17, 15) is 0 Å². The Morgan fingerprint density at radius 1 is 1.31 bits per heavy atom. The molecule has 0 spiro atoms. The second-order valence-corrected chi connectivity index (χ2v) is 5.76. The molecular formula is C11H12ClN3S. The van der Waals surface area contributed by atoms with Crippen LogP contribution in [0.3, 0.4) is 0 Å². The van der Waals surface area contributed by atoms with Crippen molar-refractivity contribution in [2.45, 2.75) is 32.7 Å². The fourth-order valence-corrected chi connectivity index (χ4v) is 3.00. The summed E-state index contributed by atoms with van der Waals surface area (Å²) in [4.78, 5) is 10.9. The molecule has 0 aromatic carbocycles. The number of aromatic nitrogens is 2. The molecule has 1 aliphatic carbocycles. The molecule has 1 saturated carbocycles. The lowest BCUT2D eigenvalue weighted by molar-refractivity contribution is 1.11. The largest absolute Gasteiger partial charge is 0.367 e. The van der Waals surface area contributed by atoms with E-state index in [-0.39, 0.29) is 0 Å². The number of rotatable bonds is 2. The third-order valence-electron chi connectivity index (χ3n) is 2.92. The monoisotopic (exact) mass is 253 g/mol. The van der Waals surface area contributed by atoms with E-state index in [0.29, 0.717) is 11.3 Å². The highest BCUT2D eigenvalue weighted by atomic mass is 35.5. The highest BCUT2D eigenvalue weighted by Gasteiger charge is 2.24. The minimum Gasteiger partial charge on any atom is -0.367 e. The van der Waals surface area contributed by atoms with E-state index >= 15 is 0 Å². The molecule has 0 amide bonds. The van der Waals surface area contributed by atoms with Gasteiger partial charge in [0.15, 0.2) is 0 Å². The normalized spacial score (nSPS) is 15.7. The second kappa shape index (κ2) is 3.57. The number of halogens is 1. The minimum atomic E-state index is 0.330. The SMILES string of the molecule is Cc1sc2nc(Cl)nc(NC3CC3)c2c1C. The fourth-order valence-electron chi connectivity index (χ4n) is 1.75. The van der Waals surface area contributed by atoms with Gasteiger partial charge >= 0.3 is 0 Å². The molecule has 0 aliphatic heterocycles. The summed E-state index contributed by atoms with van der Waals surface area (Å²) in [5, 5.41) is 4.89. The van der Waals surface area contributed by atoms with Crippen LogP contribution in [0.5, 0.6) is 0 Å². The van der Waals surface area contributed by atoms with Crippen LogP contribution < -0.4 is 5.32 Å². The zero-order valence-electron chi connectivity index (χ0n) is 9.17. The highest BCUT2D eigenvalue weighted by molar-refractivity contribution is 7.18. The Labute approximate surface area is 103 Å². The fraction of sp³-hybridized carbons (Fsp3) is 0.455. The predicted molar refractivity (Wildman–Crippen MR) is 68.5 cm³/mol. The van der Waals surface area contributed by atoms with Gasteiger partial charge in [0.05, 0.1) is 5.39 Å². The van der Waals surface area contributed by atoms with E-state index in [0.717, 1.165) is 16.0 Å². The maximum absolute atomic E-state index is 5.93. The summed E-state index contributed by atoms with van der Waals surface area (Å²) in [5.74, 6) is 0.902. The highest BCUT2D eigenvalue weighted by Crippen LogP contribution is 2.36. The lowest BCUT2D eigenvalue weighted by Crippen LogP contribution is -2.04. The molecule has 3 nitrogen and oxygen atoms in total. The number of nitrogens with one attached hydrogen (secondary N) is 1. The van der Waals surface area contributed by atoms with Gasteiger partial charge in [-0.25, -0.2) is 9.97 Å². The molecule has 0 unspecified atom stereocenters. The Kier molecular flexibility index (Phi) is 2.30. The Hall–Kier alpha value is -0.870. The van der Waals surface area contributed by atoms with Crippen LogP contribution >= 0.6 is 22.9 Å². The molecule has 1 aliphatic rings. The average molecular weight is 254 g/mol. The molecule has 2 aromatic heterocycles. The van der Waals surface area contributed by atoms with Crippen molar-refractivity contribution in [2.75, 3.05) is 5.32 Å². The minimum absolute atomic E-state index is 0.330. The van der Waals surface area contributed by atoms with Crippen LogP contribution in [0.2, 0.25) is 5.28 Å². The van der Waals surface area contributed by atoms with E-state index in [2.05, 4.69) is 29.1 Å². The van der Waals surface area contributed by atoms with Crippen LogP contribution in [0.1, 0.15) is 23.3 Å². The Balaban J connectivity index is 2.22. The zero-order chi connectivity index (χ0) is 11.3. The summed E-state index contributed by atoms with van der Waals surface area (Å²) < 4.78 is 0. The van der Waals surface area contributed by atoms with Crippen molar-refractivity contribution in [2.24, 2.45) is 0 Å².